The molecule has 3 rings (SSSR count). The molecule has 1 saturated carbocycles. The first-order valence-corrected chi connectivity index (χ1v) is 8.85. The fraction of sp³-hybridized carbons (Fsp3) is 0.667. The number of nitrogens with zero attached hydrogens (tertiary/aromatic N) is 4. The fourth-order valence-electron chi connectivity index (χ4n) is 2.82. The minimum absolute atomic E-state index is 0.0132. The summed E-state index contributed by atoms with van der Waals surface area (Å²) in [6.45, 7) is -0.0616. The van der Waals surface area contributed by atoms with Gasteiger partial charge in [-0.05, 0) is 29.2 Å². The number of amides is 1. The zero-order valence-corrected chi connectivity index (χ0v) is 12.6. The van der Waals surface area contributed by atoms with Crippen LogP contribution in [0.15, 0.2) is 12.5 Å². The van der Waals surface area contributed by atoms with Crippen LogP contribution in [-0.4, -0.2) is 57.3 Å². The van der Waals surface area contributed by atoms with E-state index in [1.165, 1.54) is 17.1 Å². The van der Waals surface area contributed by atoms with Gasteiger partial charge in [-0.25, -0.2) is 8.42 Å². The normalized spacial score (nSPS) is 23.4. The summed E-state index contributed by atoms with van der Waals surface area (Å²) in [4.78, 5) is 27.7. The Morgan fingerprint density at radius 1 is 1.41 bits per heavy atom. The van der Waals surface area contributed by atoms with Crippen LogP contribution in [0, 0.1) is 10.1 Å². The Morgan fingerprint density at radius 3 is 2.64 bits per heavy atom. The van der Waals surface area contributed by atoms with Crippen molar-refractivity contribution in [1.82, 2.24) is 14.5 Å². The van der Waals surface area contributed by atoms with Crippen LogP contribution in [0.2, 0.25) is 0 Å². The summed E-state index contributed by atoms with van der Waals surface area (Å²) in [5.41, 5.74) is 0. The van der Waals surface area contributed by atoms with E-state index in [1.54, 1.807) is 4.90 Å². The largest absolute Gasteiger partial charge is 0.381 e. The zero-order chi connectivity index (χ0) is 15.9. The number of nitro groups is 1. The van der Waals surface area contributed by atoms with Crippen molar-refractivity contribution in [1.29, 1.82) is 0 Å². The Balaban J connectivity index is 1.71. The van der Waals surface area contributed by atoms with E-state index in [0.717, 1.165) is 12.8 Å². The lowest BCUT2D eigenvalue weighted by Gasteiger charge is -2.28. The van der Waals surface area contributed by atoms with Crippen LogP contribution in [0.5, 0.6) is 0 Å². The van der Waals surface area contributed by atoms with E-state index in [9.17, 15) is 23.3 Å². The number of hydrogen-bond acceptors (Lipinski definition) is 6. The molecule has 0 radical (unpaired) electrons. The van der Waals surface area contributed by atoms with Crippen molar-refractivity contribution in [3.05, 3.63) is 22.6 Å². The quantitative estimate of drug-likeness (QED) is 0.553. The molecule has 22 heavy (non-hydrogen) atoms. The van der Waals surface area contributed by atoms with E-state index in [-0.39, 0.29) is 41.9 Å². The van der Waals surface area contributed by atoms with E-state index in [2.05, 4.69) is 4.98 Å². The SMILES string of the molecule is O=C(Cn1cnc([N+](=O)[O-])c1)N(C1CC1)[C@@H]1CCS(=O)(=O)C1. The van der Waals surface area contributed by atoms with Crippen molar-refractivity contribution in [2.45, 2.75) is 37.9 Å². The van der Waals surface area contributed by atoms with Crippen molar-refractivity contribution in [2.24, 2.45) is 0 Å². The molecule has 2 fully saturated rings. The average molecular weight is 328 g/mol. The number of sulfone groups is 1. The number of aromatic nitrogens is 2. The van der Waals surface area contributed by atoms with E-state index in [0.29, 0.717) is 6.42 Å². The first-order valence-electron chi connectivity index (χ1n) is 7.03. The van der Waals surface area contributed by atoms with Crippen LogP contribution in [-0.2, 0) is 21.2 Å². The Bertz CT molecular complexity index is 709. The van der Waals surface area contributed by atoms with Gasteiger partial charge in [0.25, 0.3) is 0 Å². The fourth-order valence-corrected chi connectivity index (χ4v) is 4.53. The summed E-state index contributed by atoms with van der Waals surface area (Å²) in [5, 5.41) is 10.6. The van der Waals surface area contributed by atoms with E-state index in [4.69, 9.17) is 0 Å². The molecular weight excluding hydrogens is 312 g/mol. The van der Waals surface area contributed by atoms with Gasteiger partial charge in [-0.1, -0.05) is 0 Å². The van der Waals surface area contributed by atoms with E-state index in [1.807, 2.05) is 0 Å². The molecule has 1 aromatic heterocycles. The number of imidazole rings is 1. The zero-order valence-electron chi connectivity index (χ0n) is 11.8. The van der Waals surface area contributed by atoms with E-state index < -0.39 is 14.8 Å². The van der Waals surface area contributed by atoms with Crippen molar-refractivity contribution in [3.8, 4) is 0 Å². The van der Waals surface area contributed by atoms with Gasteiger partial charge in [0.2, 0.25) is 12.2 Å². The van der Waals surface area contributed by atoms with Gasteiger partial charge in [-0.2, -0.15) is 0 Å². The van der Waals surface area contributed by atoms with Crippen molar-refractivity contribution < 1.29 is 18.1 Å². The molecule has 0 N–H and O–H groups in total. The van der Waals surface area contributed by atoms with Crippen LogP contribution < -0.4 is 0 Å². The molecule has 1 amide bonds. The van der Waals surface area contributed by atoms with Crippen LogP contribution in [0.1, 0.15) is 19.3 Å². The maximum Gasteiger partial charge on any atom is 0.381 e. The topological polar surface area (TPSA) is 115 Å². The van der Waals surface area contributed by atoms with Gasteiger partial charge in [0, 0.05) is 12.1 Å². The lowest BCUT2D eigenvalue weighted by atomic mass is 10.2. The molecule has 0 unspecified atom stereocenters. The maximum absolute atomic E-state index is 12.5. The molecule has 0 spiro atoms. The first kappa shape index (κ1) is 14.9. The predicted molar refractivity (Wildman–Crippen MR) is 75.8 cm³/mol. The van der Waals surface area contributed by atoms with Crippen LogP contribution in [0.3, 0.4) is 0 Å². The van der Waals surface area contributed by atoms with E-state index >= 15 is 0 Å². The summed E-state index contributed by atoms with van der Waals surface area (Å²) in [7, 11) is -3.06. The Labute approximate surface area is 127 Å². The average Bonchev–Trinajstić information content (AvgIpc) is 3.02. The Morgan fingerprint density at radius 2 is 2.14 bits per heavy atom. The number of carbonyl (C=O) groups is 1. The predicted octanol–water partition coefficient (Wildman–Crippen LogP) is -0.0306. The molecule has 0 bridgehead atoms. The van der Waals surface area contributed by atoms with Crippen molar-refractivity contribution in [3.63, 3.8) is 0 Å². The Kier molecular flexibility index (Phi) is 3.63. The van der Waals surface area contributed by atoms with Crippen molar-refractivity contribution in [2.75, 3.05) is 11.5 Å². The third-order valence-corrected chi connectivity index (χ3v) is 5.70. The van der Waals surface area contributed by atoms with Crippen molar-refractivity contribution >= 4 is 21.6 Å². The smallest absolute Gasteiger partial charge is 0.358 e. The summed E-state index contributed by atoms with van der Waals surface area (Å²) in [6.07, 6.45) is 4.67. The van der Waals surface area contributed by atoms with Gasteiger partial charge in [0.1, 0.15) is 12.7 Å². The summed E-state index contributed by atoms with van der Waals surface area (Å²) >= 11 is 0. The molecule has 1 aromatic rings. The standard InChI is InChI=1S/C12H16N4O5S/c17-12(6-14-5-11(13-8-14)16(18)19)15(9-1-2-9)10-3-4-22(20,21)7-10/h5,8-10H,1-4,6-7H2/t10-/m1/s1. The molecule has 1 aliphatic heterocycles. The highest BCUT2D eigenvalue weighted by Gasteiger charge is 2.42. The molecule has 1 saturated heterocycles. The second kappa shape index (κ2) is 5.34. The van der Waals surface area contributed by atoms with Gasteiger partial charge in [0.15, 0.2) is 9.84 Å². The molecule has 2 aliphatic rings. The molecule has 1 aliphatic carbocycles. The maximum atomic E-state index is 12.5. The lowest BCUT2D eigenvalue weighted by Crippen LogP contribution is -2.44. The van der Waals surface area contributed by atoms with Gasteiger partial charge < -0.3 is 19.6 Å². The molecule has 10 heteroatoms. The highest BCUT2D eigenvalue weighted by atomic mass is 32.2. The molecule has 0 aromatic carbocycles. The number of carbonyl (C=O) groups excluding carboxylic acids is 1. The second-order valence-electron chi connectivity index (χ2n) is 5.75. The van der Waals surface area contributed by atoms with Gasteiger partial charge in [-0.15, -0.1) is 0 Å². The lowest BCUT2D eigenvalue weighted by molar-refractivity contribution is -0.389. The van der Waals surface area contributed by atoms with Crippen LogP contribution in [0.25, 0.3) is 0 Å². The summed E-state index contributed by atoms with van der Waals surface area (Å²) < 4.78 is 24.6. The highest BCUT2D eigenvalue weighted by molar-refractivity contribution is 7.91. The van der Waals surface area contributed by atoms with Crippen LogP contribution >= 0.6 is 0 Å². The molecule has 2 heterocycles. The minimum atomic E-state index is -3.06. The highest BCUT2D eigenvalue weighted by Crippen LogP contribution is 2.32. The number of rotatable bonds is 5. The van der Waals surface area contributed by atoms with Gasteiger partial charge in [-0.3, -0.25) is 4.79 Å². The van der Waals surface area contributed by atoms with Gasteiger partial charge in [0.05, 0.1) is 11.5 Å². The third kappa shape index (κ3) is 3.11. The monoisotopic (exact) mass is 328 g/mol. The summed E-state index contributed by atoms with van der Waals surface area (Å²) in [6, 6.07) is -0.173. The summed E-state index contributed by atoms with van der Waals surface area (Å²) in [5.74, 6) is -0.393. The molecule has 120 valence electrons. The molecular formula is C12H16N4O5S. The Hall–Kier alpha value is -1.97. The van der Waals surface area contributed by atoms with Crippen LogP contribution in [0.4, 0.5) is 5.82 Å². The minimum Gasteiger partial charge on any atom is -0.358 e. The molecule has 9 nitrogen and oxygen atoms in total. The van der Waals surface area contributed by atoms with Gasteiger partial charge >= 0.3 is 5.82 Å². The second-order valence-corrected chi connectivity index (χ2v) is 7.98. The number of hydrogen-bond donors (Lipinski definition) is 0. The third-order valence-electron chi connectivity index (χ3n) is 3.95. The first-order chi connectivity index (χ1) is 10.4. The molecule has 1 atom stereocenters.